The van der Waals surface area contributed by atoms with Gasteiger partial charge in [-0.05, 0) is 61.4 Å². The molecule has 1 unspecified atom stereocenters. The van der Waals surface area contributed by atoms with Crippen molar-refractivity contribution in [3.05, 3.63) is 64.2 Å². The molecule has 0 radical (unpaired) electrons. The Kier molecular flexibility index (Phi) is 4.97. The van der Waals surface area contributed by atoms with Gasteiger partial charge in [0.05, 0.1) is 21.8 Å². The van der Waals surface area contributed by atoms with E-state index in [-0.39, 0.29) is 35.6 Å². The molecule has 33 heavy (non-hydrogen) atoms. The second kappa shape index (κ2) is 7.62. The van der Waals surface area contributed by atoms with Gasteiger partial charge in [0.1, 0.15) is 6.04 Å². The molecule has 5 rings (SSSR count). The zero-order chi connectivity index (χ0) is 23.5. The maximum absolute atomic E-state index is 13.3. The van der Waals surface area contributed by atoms with Crippen molar-refractivity contribution < 1.29 is 27.6 Å². The van der Waals surface area contributed by atoms with E-state index in [0.29, 0.717) is 10.5 Å². The molecule has 1 saturated carbocycles. The number of imide groups is 2. The van der Waals surface area contributed by atoms with Crippen LogP contribution >= 0.6 is 0 Å². The van der Waals surface area contributed by atoms with E-state index < -0.39 is 39.5 Å². The number of piperidine rings is 1. The number of nitrogens with one attached hydrogen (secondary N) is 1. The Morgan fingerprint density at radius 3 is 2.36 bits per heavy atom. The van der Waals surface area contributed by atoms with Crippen molar-refractivity contribution >= 4 is 33.5 Å². The first-order valence-electron chi connectivity index (χ1n) is 10.8. The van der Waals surface area contributed by atoms with E-state index in [0.717, 1.165) is 28.9 Å². The molecule has 2 aromatic rings. The number of hydrogen-bond acceptors (Lipinski definition) is 6. The number of carbonyl (C=O) groups is 4. The van der Waals surface area contributed by atoms with E-state index in [1.165, 1.54) is 18.2 Å². The van der Waals surface area contributed by atoms with Crippen LogP contribution in [0.25, 0.3) is 0 Å². The molecule has 1 aliphatic carbocycles. The summed E-state index contributed by atoms with van der Waals surface area (Å²) in [6, 6.07) is 8.67. The summed E-state index contributed by atoms with van der Waals surface area (Å²) < 4.78 is 26.5. The van der Waals surface area contributed by atoms with Gasteiger partial charge in [0.2, 0.25) is 11.8 Å². The van der Waals surface area contributed by atoms with Crippen LogP contribution in [0.2, 0.25) is 0 Å². The molecular formula is C24H22N2O6S. The van der Waals surface area contributed by atoms with Crippen LogP contribution in [0.4, 0.5) is 0 Å². The molecule has 0 bridgehead atoms. The molecular weight excluding hydrogens is 444 g/mol. The first-order chi connectivity index (χ1) is 15.7. The SMILES string of the molecule is Cc1ccc(S(=O)(=O)Cc2ccc3c(c2)C(=O)N(C2CCC(=O)NC2=O)C3=O)c(C2CC2)c1. The first-order valence-corrected chi connectivity index (χ1v) is 12.5. The molecule has 2 fully saturated rings. The van der Waals surface area contributed by atoms with Crippen molar-refractivity contribution in [2.24, 2.45) is 0 Å². The Balaban J connectivity index is 1.43. The van der Waals surface area contributed by atoms with Crippen molar-refractivity contribution in [3.8, 4) is 0 Å². The minimum Gasteiger partial charge on any atom is -0.295 e. The van der Waals surface area contributed by atoms with Crippen LogP contribution in [0.1, 0.15) is 69.0 Å². The zero-order valence-corrected chi connectivity index (χ0v) is 18.8. The molecule has 0 aromatic heterocycles. The van der Waals surface area contributed by atoms with Gasteiger partial charge in [0, 0.05) is 6.42 Å². The molecule has 2 aliphatic heterocycles. The standard InChI is InChI=1S/C24H22N2O6S/c1-13-2-8-20(17(10-13)15-4-5-15)33(31,32)12-14-3-6-16-18(11-14)24(30)26(23(16)29)19-7-9-21(27)25-22(19)28/h2-3,6,8,10-11,15,19H,4-5,7,9,12H2,1H3,(H,25,27,28). The summed E-state index contributed by atoms with van der Waals surface area (Å²) in [7, 11) is -3.67. The number of sulfone groups is 1. The van der Waals surface area contributed by atoms with Gasteiger partial charge in [-0.2, -0.15) is 0 Å². The Labute approximate surface area is 190 Å². The molecule has 8 nitrogen and oxygen atoms in total. The average Bonchev–Trinajstić information content (AvgIpc) is 3.56. The highest BCUT2D eigenvalue weighted by molar-refractivity contribution is 7.90. The summed E-state index contributed by atoms with van der Waals surface area (Å²) >= 11 is 0. The summed E-state index contributed by atoms with van der Waals surface area (Å²) in [5.41, 5.74) is 2.43. The number of rotatable bonds is 5. The summed E-state index contributed by atoms with van der Waals surface area (Å²) in [5.74, 6) is -2.44. The van der Waals surface area contributed by atoms with Crippen molar-refractivity contribution in [3.63, 3.8) is 0 Å². The Hall–Kier alpha value is -3.33. The second-order valence-corrected chi connectivity index (χ2v) is 10.9. The van der Waals surface area contributed by atoms with Crippen LogP contribution in [0.5, 0.6) is 0 Å². The summed E-state index contributed by atoms with van der Waals surface area (Å²) in [6.45, 7) is 1.93. The van der Waals surface area contributed by atoms with Crippen molar-refractivity contribution in [1.29, 1.82) is 0 Å². The van der Waals surface area contributed by atoms with Gasteiger partial charge in [0.25, 0.3) is 11.8 Å². The first kappa shape index (κ1) is 21.5. The molecule has 4 amide bonds. The molecule has 0 spiro atoms. The fraction of sp³-hybridized carbons (Fsp3) is 0.333. The van der Waals surface area contributed by atoms with Crippen LogP contribution in [-0.4, -0.2) is 43.0 Å². The Morgan fingerprint density at radius 2 is 1.67 bits per heavy atom. The van der Waals surface area contributed by atoms with Crippen LogP contribution < -0.4 is 5.32 Å². The highest BCUT2D eigenvalue weighted by atomic mass is 32.2. The quantitative estimate of drug-likeness (QED) is 0.676. The number of hydrogen-bond donors (Lipinski definition) is 1. The van der Waals surface area contributed by atoms with E-state index in [1.807, 2.05) is 13.0 Å². The van der Waals surface area contributed by atoms with Gasteiger partial charge < -0.3 is 0 Å². The number of carbonyl (C=O) groups excluding carboxylic acids is 4. The lowest BCUT2D eigenvalue weighted by atomic mass is 10.0. The third-order valence-electron chi connectivity index (χ3n) is 6.38. The number of amides is 4. The van der Waals surface area contributed by atoms with E-state index in [1.54, 1.807) is 12.1 Å². The lowest BCUT2D eigenvalue weighted by Crippen LogP contribution is -2.54. The van der Waals surface area contributed by atoms with Gasteiger partial charge in [-0.1, -0.05) is 23.8 Å². The monoisotopic (exact) mass is 466 g/mol. The van der Waals surface area contributed by atoms with E-state index in [4.69, 9.17) is 0 Å². The molecule has 1 N–H and O–H groups in total. The third-order valence-corrected chi connectivity index (χ3v) is 8.13. The minimum atomic E-state index is -3.67. The van der Waals surface area contributed by atoms with Crippen LogP contribution in [0.3, 0.4) is 0 Å². The van der Waals surface area contributed by atoms with Crippen LogP contribution in [0, 0.1) is 6.92 Å². The molecule has 1 saturated heterocycles. The normalized spacial score (nSPS) is 20.8. The molecule has 170 valence electrons. The van der Waals surface area contributed by atoms with E-state index in [9.17, 15) is 27.6 Å². The highest BCUT2D eigenvalue weighted by Crippen LogP contribution is 2.43. The highest BCUT2D eigenvalue weighted by Gasteiger charge is 2.44. The topological polar surface area (TPSA) is 118 Å². The predicted molar refractivity (Wildman–Crippen MR) is 117 cm³/mol. The molecule has 2 heterocycles. The number of nitrogens with zero attached hydrogens (tertiary/aromatic N) is 1. The zero-order valence-electron chi connectivity index (χ0n) is 18.0. The maximum Gasteiger partial charge on any atom is 0.262 e. The van der Waals surface area contributed by atoms with Crippen LogP contribution in [-0.2, 0) is 25.2 Å². The molecule has 3 aliphatic rings. The summed E-state index contributed by atoms with van der Waals surface area (Å²) in [5, 5.41) is 2.15. The van der Waals surface area contributed by atoms with Crippen molar-refractivity contribution in [2.75, 3.05) is 0 Å². The summed E-state index contributed by atoms with van der Waals surface area (Å²) in [6.07, 6.45) is 2.04. The van der Waals surface area contributed by atoms with E-state index >= 15 is 0 Å². The van der Waals surface area contributed by atoms with E-state index in [2.05, 4.69) is 5.32 Å². The number of aryl methyl sites for hydroxylation is 1. The second-order valence-electron chi connectivity index (χ2n) is 8.90. The minimum absolute atomic E-state index is 0.0349. The van der Waals surface area contributed by atoms with Crippen LogP contribution in [0.15, 0.2) is 41.3 Å². The predicted octanol–water partition coefficient (Wildman–Crippen LogP) is 2.25. The smallest absolute Gasteiger partial charge is 0.262 e. The van der Waals surface area contributed by atoms with Gasteiger partial charge >= 0.3 is 0 Å². The lowest BCUT2D eigenvalue weighted by Gasteiger charge is -2.27. The Bertz CT molecular complexity index is 1340. The maximum atomic E-state index is 13.3. The molecule has 9 heteroatoms. The van der Waals surface area contributed by atoms with Gasteiger partial charge in [-0.3, -0.25) is 29.4 Å². The largest absolute Gasteiger partial charge is 0.295 e. The summed E-state index contributed by atoms with van der Waals surface area (Å²) in [4.78, 5) is 50.6. The molecule has 2 aromatic carbocycles. The van der Waals surface area contributed by atoms with Gasteiger partial charge in [-0.25, -0.2) is 8.42 Å². The van der Waals surface area contributed by atoms with Crippen molar-refractivity contribution in [1.82, 2.24) is 10.2 Å². The van der Waals surface area contributed by atoms with Gasteiger partial charge in [0.15, 0.2) is 9.84 Å². The molecule has 1 atom stereocenters. The Morgan fingerprint density at radius 1 is 0.939 bits per heavy atom. The van der Waals surface area contributed by atoms with Crippen molar-refractivity contribution in [2.45, 2.75) is 55.2 Å². The fourth-order valence-electron chi connectivity index (χ4n) is 4.57. The van der Waals surface area contributed by atoms with Gasteiger partial charge in [-0.15, -0.1) is 0 Å². The average molecular weight is 467 g/mol. The number of fused-ring (bicyclic) bond motifs is 1. The lowest BCUT2D eigenvalue weighted by molar-refractivity contribution is -0.136. The number of benzene rings is 2. The fourth-order valence-corrected chi connectivity index (χ4v) is 6.20. The third kappa shape index (κ3) is 3.76.